The van der Waals surface area contributed by atoms with Crippen molar-refractivity contribution in [3.8, 4) is 0 Å². The third-order valence-electron chi connectivity index (χ3n) is 4.77. The molecule has 1 aliphatic heterocycles. The Bertz CT molecular complexity index is 1120. The molecule has 1 atom stereocenters. The fourth-order valence-corrected chi connectivity index (χ4v) is 3.39. The van der Waals surface area contributed by atoms with Gasteiger partial charge in [-0.2, -0.15) is 0 Å². The maximum atomic E-state index is 13.1. The minimum absolute atomic E-state index is 0.0794. The number of amides is 4. The van der Waals surface area contributed by atoms with Crippen molar-refractivity contribution >= 4 is 46.6 Å². The number of nitro benzene ring substituents is 1. The maximum Gasteiger partial charge on any atom is 0.270 e. The van der Waals surface area contributed by atoms with Gasteiger partial charge in [-0.3, -0.25) is 34.7 Å². The summed E-state index contributed by atoms with van der Waals surface area (Å²) in [6.45, 7) is 3.15. The third kappa shape index (κ3) is 4.59. The number of nitrogens with zero attached hydrogens (tertiary/aromatic N) is 3. The number of carbonyl (C=O) groups is 4. The van der Waals surface area contributed by atoms with Crippen LogP contribution in [-0.4, -0.2) is 39.6 Å². The lowest BCUT2D eigenvalue weighted by molar-refractivity contribution is -0.384. The molecule has 10 nitrogen and oxygen atoms in total. The second kappa shape index (κ2) is 9.15. The molecule has 0 spiro atoms. The number of imide groups is 1. The highest BCUT2D eigenvalue weighted by Gasteiger charge is 2.45. The van der Waals surface area contributed by atoms with Crippen molar-refractivity contribution in [2.24, 2.45) is 5.92 Å². The van der Waals surface area contributed by atoms with E-state index in [4.69, 9.17) is 11.6 Å². The fourth-order valence-electron chi connectivity index (χ4n) is 3.20. The molecule has 11 heteroatoms. The predicted molar refractivity (Wildman–Crippen MR) is 115 cm³/mol. The van der Waals surface area contributed by atoms with E-state index in [9.17, 15) is 29.3 Å². The first-order valence-electron chi connectivity index (χ1n) is 9.61. The van der Waals surface area contributed by atoms with Crippen LogP contribution in [0.4, 0.5) is 11.4 Å². The van der Waals surface area contributed by atoms with Crippen LogP contribution in [0.1, 0.15) is 30.6 Å². The summed E-state index contributed by atoms with van der Waals surface area (Å²) in [5.74, 6) is -3.30. The standard InChI is InChI=1S/C21H19ClN4O6/c1-12(2)20(29)25(23-19(28)13-5-3-8-16(9-13)26(31)32)17-11-18(27)24(21(17)30)15-7-4-6-14(22)10-15/h3-10,12,17H,11H2,1-2H3,(H,23,28). The molecule has 1 heterocycles. The molecule has 2 aromatic carbocycles. The van der Waals surface area contributed by atoms with E-state index in [1.54, 1.807) is 26.0 Å². The van der Waals surface area contributed by atoms with E-state index in [0.29, 0.717) is 5.02 Å². The van der Waals surface area contributed by atoms with Gasteiger partial charge in [-0.25, -0.2) is 9.91 Å². The van der Waals surface area contributed by atoms with Crippen LogP contribution in [0.5, 0.6) is 0 Å². The molecule has 1 fully saturated rings. The second-order valence-electron chi connectivity index (χ2n) is 7.38. The van der Waals surface area contributed by atoms with Crippen LogP contribution >= 0.6 is 11.6 Å². The van der Waals surface area contributed by atoms with Crippen molar-refractivity contribution in [3.63, 3.8) is 0 Å². The van der Waals surface area contributed by atoms with Crippen molar-refractivity contribution in [1.29, 1.82) is 0 Å². The van der Waals surface area contributed by atoms with E-state index >= 15 is 0 Å². The number of nitrogens with one attached hydrogen (secondary N) is 1. The van der Waals surface area contributed by atoms with Gasteiger partial charge in [0.2, 0.25) is 11.8 Å². The van der Waals surface area contributed by atoms with Gasteiger partial charge in [0.1, 0.15) is 6.04 Å². The maximum absolute atomic E-state index is 13.1. The number of halogens is 1. The van der Waals surface area contributed by atoms with Gasteiger partial charge in [-0.15, -0.1) is 0 Å². The zero-order valence-electron chi connectivity index (χ0n) is 17.1. The summed E-state index contributed by atoms with van der Waals surface area (Å²) >= 11 is 5.96. The van der Waals surface area contributed by atoms with E-state index in [0.717, 1.165) is 16.0 Å². The largest absolute Gasteiger partial charge is 0.274 e. The van der Waals surface area contributed by atoms with Crippen LogP contribution in [-0.2, 0) is 14.4 Å². The molecule has 1 unspecified atom stereocenters. The minimum Gasteiger partial charge on any atom is -0.274 e. The topological polar surface area (TPSA) is 130 Å². The van der Waals surface area contributed by atoms with E-state index in [1.807, 2.05) is 0 Å². The second-order valence-corrected chi connectivity index (χ2v) is 7.81. The van der Waals surface area contributed by atoms with Crippen molar-refractivity contribution in [2.75, 3.05) is 4.90 Å². The number of nitro groups is 1. The van der Waals surface area contributed by atoms with Gasteiger partial charge in [-0.1, -0.05) is 37.6 Å². The lowest BCUT2D eigenvalue weighted by Crippen LogP contribution is -2.55. The lowest BCUT2D eigenvalue weighted by atomic mass is 10.1. The Morgan fingerprint density at radius 3 is 2.50 bits per heavy atom. The predicted octanol–water partition coefficient (Wildman–Crippen LogP) is 2.71. The first-order chi connectivity index (χ1) is 15.1. The normalized spacial score (nSPS) is 15.8. The molecule has 1 aliphatic rings. The molecule has 4 amide bonds. The summed E-state index contributed by atoms with van der Waals surface area (Å²) in [5.41, 5.74) is 2.21. The van der Waals surface area contributed by atoms with E-state index in [-0.39, 0.29) is 23.4 Å². The van der Waals surface area contributed by atoms with Crippen LogP contribution in [0.15, 0.2) is 48.5 Å². The molecule has 0 aromatic heterocycles. The quantitative estimate of drug-likeness (QED) is 0.416. The smallest absolute Gasteiger partial charge is 0.270 e. The minimum atomic E-state index is -1.28. The Hall–Kier alpha value is -3.79. The van der Waals surface area contributed by atoms with Crippen molar-refractivity contribution < 1.29 is 24.1 Å². The summed E-state index contributed by atoms with van der Waals surface area (Å²) in [6, 6.07) is 9.78. The highest BCUT2D eigenvalue weighted by Crippen LogP contribution is 2.28. The van der Waals surface area contributed by atoms with Crippen LogP contribution in [0, 0.1) is 16.0 Å². The van der Waals surface area contributed by atoms with Gasteiger partial charge < -0.3 is 0 Å². The summed E-state index contributed by atoms with van der Waals surface area (Å²) in [6.07, 6.45) is -0.348. The number of anilines is 1. The summed E-state index contributed by atoms with van der Waals surface area (Å²) < 4.78 is 0. The number of non-ortho nitro benzene ring substituents is 1. The summed E-state index contributed by atoms with van der Waals surface area (Å²) in [7, 11) is 0. The third-order valence-corrected chi connectivity index (χ3v) is 5.01. The average Bonchev–Trinajstić information content (AvgIpc) is 3.05. The molecular weight excluding hydrogens is 440 g/mol. The Morgan fingerprint density at radius 2 is 1.88 bits per heavy atom. The molecule has 0 radical (unpaired) electrons. The molecule has 1 saturated heterocycles. The van der Waals surface area contributed by atoms with Crippen molar-refractivity contribution in [3.05, 3.63) is 69.2 Å². The number of hydrogen-bond acceptors (Lipinski definition) is 6. The Balaban J connectivity index is 1.91. The number of benzene rings is 2. The molecule has 3 rings (SSSR count). The molecule has 166 valence electrons. The zero-order valence-corrected chi connectivity index (χ0v) is 17.9. The van der Waals surface area contributed by atoms with Gasteiger partial charge in [0.15, 0.2) is 0 Å². The molecular formula is C21H19ClN4O6. The Kier molecular flexibility index (Phi) is 6.54. The molecule has 2 aromatic rings. The van der Waals surface area contributed by atoms with Gasteiger partial charge in [0, 0.05) is 28.6 Å². The zero-order chi connectivity index (χ0) is 23.6. The Labute approximate surface area is 187 Å². The van der Waals surface area contributed by atoms with Crippen molar-refractivity contribution in [2.45, 2.75) is 26.3 Å². The van der Waals surface area contributed by atoms with Gasteiger partial charge >= 0.3 is 0 Å². The highest BCUT2D eigenvalue weighted by molar-refractivity contribution is 6.31. The molecule has 0 aliphatic carbocycles. The number of hydrazine groups is 1. The van der Waals surface area contributed by atoms with Gasteiger partial charge in [0.05, 0.1) is 17.0 Å². The van der Waals surface area contributed by atoms with E-state index in [2.05, 4.69) is 5.43 Å². The monoisotopic (exact) mass is 458 g/mol. The summed E-state index contributed by atoms with van der Waals surface area (Å²) in [5, 5.41) is 12.1. The van der Waals surface area contributed by atoms with E-state index < -0.39 is 40.5 Å². The first kappa shape index (κ1) is 22.9. The van der Waals surface area contributed by atoms with E-state index in [1.165, 1.54) is 30.3 Å². The van der Waals surface area contributed by atoms with Gasteiger partial charge in [-0.05, 0) is 24.3 Å². The number of hydrogen-bond donors (Lipinski definition) is 1. The van der Waals surface area contributed by atoms with Crippen LogP contribution in [0.2, 0.25) is 5.02 Å². The van der Waals surface area contributed by atoms with Crippen LogP contribution < -0.4 is 10.3 Å². The number of carbonyl (C=O) groups excluding carboxylic acids is 4. The van der Waals surface area contributed by atoms with Crippen LogP contribution in [0.3, 0.4) is 0 Å². The van der Waals surface area contributed by atoms with Crippen molar-refractivity contribution in [1.82, 2.24) is 10.4 Å². The summed E-state index contributed by atoms with van der Waals surface area (Å²) in [4.78, 5) is 62.5. The molecule has 1 N–H and O–H groups in total. The molecule has 32 heavy (non-hydrogen) atoms. The first-order valence-corrected chi connectivity index (χ1v) is 9.99. The number of rotatable bonds is 5. The fraction of sp³-hybridized carbons (Fsp3) is 0.238. The van der Waals surface area contributed by atoms with Crippen LogP contribution in [0.25, 0.3) is 0 Å². The molecule has 0 saturated carbocycles. The average molecular weight is 459 g/mol. The molecule has 0 bridgehead atoms. The highest BCUT2D eigenvalue weighted by atomic mass is 35.5. The van der Waals surface area contributed by atoms with Gasteiger partial charge in [0.25, 0.3) is 17.5 Å². The lowest BCUT2D eigenvalue weighted by Gasteiger charge is -2.29. The SMILES string of the molecule is CC(C)C(=O)N(NC(=O)c1cccc([N+](=O)[O-])c1)C1CC(=O)N(c2cccc(Cl)c2)C1=O. The Morgan fingerprint density at radius 1 is 1.19 bits per heavy atom.